The van der Waals surface area contributed by atoms with E-state index in [0.29, 0.717) is 11.4 Å². The van der Waals surface area contributed by atoms with Gasteiger partial charge in [0, 0.05) is 17.8 Å². The molecule has 0 saturated heterocycles. The van der Waals surface area contributed by atoms with Crippen molar-refractivity contribution in [2.24, 2.45) is 0 Å². The second kappa shape index (κ2) is 8.14. The molecular formula is C15H22N2O4. The zero-order valence-electron chi connectivity index (χ0n) is 12.6. The van der Waals surface area contributed by atoms with Crippen LogP contribution in [0.3, 0.4) is 0 Å². The maximum atomic E-state index is 11.9. The third kappa shape index (κ3) is 4.98. The van der Waals surface area contributed by atoms with Crippen molar-refractivity contribution in [2.75, 3.05) is 19.5 Å². The summed E-state index contributed by atoms with van der Waals surface area (Å²) in [5.74, 6) is -0.613. The molecule has 0 spiro atoms. The Bertz CT molecular complexity index is 498. The highest BCUT2D eigenvalue weighted by Crippen LogP contribution is 2.22. The summed E-state index contributed by atoms with van der Waals surface area (Å²) < 4.78 is 10.1. The maximum absolute atomic E-state index is 11.9. The first kappa shape index (κ1) is 16.8. The number of hydrogen-bond acceptors (Lipinski definition) is 5. The molecule has 1 aromatic rings. The molecule has 116 valence electrons. The molecule has 0 bridgehead atoms. The molecule has 0 heterocycles. The number of anilines is 1. The van der Waals surface area contributed by atoms with Crippen molar-refractivity contribution in [1.82, 2.24) is 5.32 Å². The Morgan fingerprint density at radius 3 is 2.52 bits per heavy atom. The molecule has 3 N–H and O–H groups in total. The van der Waals surface area contributed by atoms with Crippen LogP contribution in [0.25, 0.3) is 0 Å². The molecule has 1 amide bonds. The van der Waals surface area contributed by atoms with Gasteiger partial charge in [-0.15, -0.1) is 0 Å². The van der Waals surface area contributed by atoms with Gasteiger partial charge in [0.05, 0.1) is 7.11 Å². The molecule has 6 heteroatoms. The van der Waals surface area contributed by atoms with Crippen LogP contribution in [0, 0.1) is 0 Å². The first-order valence-electron chi connectivity index (χ1n) is 6.91. The first-order valence-corrected chi connectivity index (χ1v) is 6.91. The number of amides is 1. The quantitative estimate of drug-likeness (QED) is 0.590. The van der Waals surface area contributed by atoms with E-state index >= 15 is 0 Å². The molecule has 1 rings (SSSR count). The smallest absolute Gasteiger partial charge is 0.342 e. The normalized spacial score (nSPS) is 10.3. The van der Waals surface area contributed by atoms with E-state index in [0.717, 1.165) is 12.8 Å². The lowest BCUT2D eigenvalue weighted by Gasteiger charge is -2.15. The number of hydrogen-bond donors (Lipinski definition) is 2. The zero-order chi connectivity index (χ0) is 15.8. The summed E-state index contributed by atoms with van der Waals surface area (Å²) in [6.45, 7) is 3.66. The van der Waals surface area contributed by atoms with Gasteiger partial charge in [0.2, 0.25) is 0 Å². The van der Waals surface area contributed by atoms with Gasteiger partial charge in [-0.2, -0.15) is 0 Å². The molecular weight excluding hydrogens is 272 g/mol. The monoisotopic (exact) mass is 294 g/mol. The Kier molecular flexibility index (Phi) is 6.52. The number of ether oxygens (including phenoxy) is 2. The van der Waals surface area contributed by atoms with E-state index in [1.807, 2.05) is 13.8 Å². The third-order valence-electron chi connectivity index (χ3n) is 3.13. The van der Waals surface area contributed by atoms with Crippen LogP contribution < -0.4 is 15.8 Å². The van der Waals surface area contributed by atoms with E-state index in [1.54, 1.807) is 6.07 Å². The molecule has 0 fully saturated rings. The van der Waals surface area contributed by atoms with Gasteiger partial charge in [-0.1, -0.05) is 13.8 Å². The molecule has 21 heavy (non-hydrogen) atoms. The number of nitrogen functional groups attached to an aromatic ring is 1. The number of nitrogens with one attached hydrogen (secondary N) is 1. The number of rotatable bonds is 7. The van der Waals surface area contributed by atoms with Crippen LogP contribution in [-0.4, -0.2) is 31.6 Å². The van der Waals surface area contributed by atoms with Crippen molar-refractivity contribution in [1.29, 1.82) is 0 Å². The molecule has 0 unspecified atom stereocenters. The van der Waals surface area contributed by atoms with Gasteiger partial charge >= 0.3 is 5.97 Å². The van der Waals surface area contributed by atoms with Gasteiger partial charge in [-0.05, 0) is 25.0 Å². The summed E-state index contributed by atoms with van der Waals surface area (Å²) in [7, 11) is 1.44. The minimum absolute atomic E-state index is 0.0993. The topological polar surface area (TPSA) is 90.7 Å². The van der Waals surface area contributed by atoms with Gasteiger partial charge in [0.1, 0.15) is 11.3 Å². The highest BCUT2D eigenvalue weighted by molar-refractivity contribution is 5.94. The van der Waals surface area contributed by atoms with Gasteiger partial charge in [0.25, 0.3) is 5.91 Å². The Morgan fingerprint density at radius 2 is 1.95 bits per heavy atom. The summed E-state index contributed by atoms with van der Waals surface area (Å²) >= 11 is 0. The molecule has 0 atom stereocenters. The molecule has 6 nitrogen and oxygen atoms in total. The number of carbonyl (C=O) groups is 2. The third-order valence-corrected chi connectivity index (χ3v) is 3.13. The lowest BCUT2D eigenvalue weighted by molar-refractivity contribution is -0.125. The van der Waals surface area contributed by atoms with Gasteiger partial charge in [0.15, 0.2) is 6.61 Å². The Hall–Kier alpha value is -2.24. The van der Waals surface area contributed by atoms with Crippen LogP contribution in [0.15, 0.2) is 18.2 Å². The van der Waals surface area contributed by atoms with E-state index in [4.69, 9.17) is 15.2 Å². The van der Waals surface area contributed by atoms with Crippen molar-refractivity contribution in [2.45, 2.75) is 32.7 Å². The summed E-state index contributed by atoms with van der Waals surface area (Å²) in [5, 5.41) is 2.79. The molecule has 0 aliphatic carbocycles. The SMILES string of the molecule is CCC(CC)NC(=O)COC(=O)c1ccc(N)cc1OC. The summed E-state index contributed by atoms with van der Waals surface area (Å²) in [6.07, 6.45) is 1.67. The maximum Gasteiger partial charge on any atom is 0.342 e. The lowest BCUT2D eigenvalue weighted by atomic mass is 10.2. The molecule has 0 aromatic heterocycles. The highest BCUT2D eigenvalue weighted by atomic mass is 16.5. The van der Waals surface area contributed by atoms with E-state index in [9.17, 15) is 9.59 Å². The van der Waals surface area contributed by atoms with Gasteiger partial charge < -0.3 is 20.5 Å². The number of carbonyl (C=O) groups excluding carboxylic acids is 2. The van der Waals surface area contributed by atoms with Crippen LogP contribution in [0.1, 0.15) is 37.0 Å². The van der Waals surface area contributed by atoms with E-state index in [1.165, 1.54) is 19.2 Å². The Morgan fingerprint density at radius 1 is 1.29 bits per heavy atom. The average molecular weight is 294 g/mol. The van der Waals surface area contributed by atoms with E-state index < -0.39 is 5.97 Å². The molecule has 0 saturated carbocycles. The van der Waals surface area contributed by atoms with Crippen molar-refractivity contribution < 1.29 is 19.1 Å². The zero-order valence-corrected chi connectivity index (χ0v) is 12.6. The molecule has 0 aliphatic rings. The second-order valence-electron chi connectivity index (χ2n) is 4.62. The van der Waals surface area contributed by atoms with Crippen molar-refractivity contribution in [3.63, 3.8) is 0 Å². The summed E-state index contributed by atoms with van der Waals surface area (Å²) in [5.41, 5.74) is 6.33. The number of esters is 1. The van der Waals surface area contributed by atoms with Gasteiger partial charge in [-0.25, -0.2) is 4.79 Å². The lowest BCUT2D eigenvalue weighted by Crippen LogP contribution is -2.36. The number of benzene rings is 1. The molecule has 1 aromatic carbocycles. The fraction of sp³-hybridized carbons (Fsp3) is 0.467. The van der Waals surface area contributed by atoms with Crippen LogP contribution in [0.5, 0.6) is 5.75 Å². The van der Waals surface area contributed by atoms with E-state index in [-0.39, 0.29) is 24.1 Å². The van der Waals surface area contributed by atoms with E-state index in [2.05, 4.69) is 5.32 Å². The second-order valence-corrected chi connectivity index (χ2v) is 4.62. The minimum Gasteiger partial charge on any atom is -0.496 e. The van der Waals surface area contributed by atoms with Gasteiger partial charge in [-0.3, -0.25) is 4.79 Å². The van der Waals surface area contributed by atoms with Crippen LogP contribution in [0.4, 0.5) is 5.69 Å². The average Bonchev–Trinajstić information content (AvgIpc) is 2.49. The van der Waals surface area contributed by atoms with Crippen molar-refractivity contribution in [3.05, 3.63) is 23.8 Å². The standard InChI is InChI=1S/C15H22N2O4/c1-4-11(5-2)17-14(18)9-21-15(19)12-7-6-10(16)8-13(12)20-3/h6-8,11H,4-5,9,16H2,1-3H3,(H,17,18). The Balaban J connectivity index is 2.60. The largest absolute Gasteiger partial charge is 0.496 e. The fourth-order valence-corrected chi connectivity index (χ4v) is 1.85. The Labute approximate surface area is 124 Å². The molecule has 0 radical (unpaired) electrons. The van der Waals surface area contributed by atoms with Crippen LogP contribution in [0.2, 0.25) is 0 Å². The van der Waals surface area contributed by atoms with Crippen molar-refractivity contribution in [3.8, 4) is 5.75 Å². The summed E-state index contributed by atoms with van der Waals surface area (Å²) in [6, 6.07) is 4.71. The first-order chi connectivity index (χ1) is 10.0. The minimum atomic E-state index is -0.619. The van der Waals surface area contributed by atoms with Crippen molar-refractivity contribution >= 4 is 17.6 Å². The molecule has 0 aliphatic heterocycles. The highest BCUT2D eigenvalue weighted by Gasteiger charge is 2.16. The predicted molar refractivity (Wildman–Crippen MR) is 80.2 cm³/mol. The van der Waals surface area contributed by atoms with Crippen LogP contribution in [-0.2, 0) is 9.53 Å². The fourth-order valence-electron chi connectivity index (χ4n) is 1.85. The summed E-state index contributed by atoms with van der Waals surface area (Å²) in [4.78, 5) is 23.6. The van der Waals surface area contributed by atoms with Crippen LogP contribution >= 0.6 is 0 Å². The number of nitrogens with two attached hydrogens (primary N) is 1. The predicted octanol–water partition coefficient (Wildman–Crippen LogP) is 1.74. The number of methoxy groups -OCH3 is 1.